The van der Waals surface area contributed by atoms with E-state index in [-0.39, 0.29) is 11.9 Å². The van der Waals surface area contributed by atoms with Gasteiger partial charge in [-0.2, -0.15) is 0 Å². The molecule has 0 aromatic heterocycles. The number of hydrogen-bond donors (Lipinski definition) is 2. The van der Waals surface area contributed by atoms with E-state index in [0.29, 0.717) is 17.7 Å². The number of rotatable bonds is 2. The van der Waals surface area contributed by atoms with E-state index in [1.54, 1.807) is 11.0 Å². The summed E-state index contributed by atoms with van der Waals surface area (Å²) in [7, 11) is 0. The third-order valence-electron chi connectivity index (χ3n) is 4.58. The lowest BCUT2D eigenvalue weighted by Crippen LogP contribution is -2.40. The molecule has 112 valence electrons. The smallest absolute Gasteiger partial charge is 0.256 e. The van der Waals surface area contributed by atoms with Gasteiger partial charge in [-0.25, -0.2) is 0 Å². The topological polar surface area (TPSA) is 52.6 Å². The molecule has 2 aromatic carbocycles. The van der Waals surface area contributed by atoms with Crippen molar-refractivity contribution >= 4 is 11.6 Å². The van der Waals surface area contributed by atoms with Crippen molar-refractivity contribution in [3.8, 4) is 0 Å². The zero-order chi connectivity index (χ0) is 15.1. The highest BCUT2D eigenvalue weighted by molar-refractivity contribution is 5.98. The molecule has 1 amide bonds. The Morgan fingerprint density at radius 2 is 1.91 bits per heavy atom. The van der Waals surface area contributed by atoms with Crippen LogP contribution in [0.2, 0.25) is 0 Å². The summed E-state index contributed by atoms with van der Waals surface area (Å²) in [5.41, 5.74) is 3.78. The van der Waals surface area contributed by atoms with Crippen molar-refractivity contribution in [2.75, 3.05) is 11.9 Å². The molecule has 2 aromatic rings. The van der Waals surface area contributed by atoms with E-state index in [1.165, 1.54) is 5.56 Å². The lowest BCUT2D eigenvalue weighted by atomic mass is 9.98. The minimum atomic E-state index is -0.831. The second-order valence-corrected chi connectivity index (χ2v) is 5.96. The molecule has 0 saturated carbocycles. The number of carbonyl (C=O) groups excluding carboxylic acids is 1. The summed E-state index contributed by atoms with van der Waals surface area (Å²) in [6, 6.07) is 15.7. The summed E-state index contributed by atoms with van der Waals surface area (Å²) in [6.45, 7) is 0.517. The first-order chi connectivity index (χ1) is 10.7. The number of amides is 1. The van der Waals surface area contributed by atoms with Crippen molar-refractivity contribution < 1.29 is 9.90 Å². The summed E-state index contributed by atoms with van der Waals surface area (Å²) in [5.74, 6) is -0.0799. The van der Waals surface area contributed by atoms with Gasteiger partial charge in [0.1, 0.15) is 0 Å². The van der Waals surface area contributed by atoms with Crippen LogP contribution in [0.25, 0.3) is 0 Å². The average Bonchev–Trinajstić information content (AvgIpc) is 2.80. The predicted molar refractivity (Wildman–Crippen MR) is 84.6 cm³/mol. The van der Waals surface area contributed by atoms with Gasteiger partial charge in [0, 0.05) is 29.4 Å². The number of para-hydroxylation sites is 1. The van der Waals surface area contributed by atoms with Crippen molar-refractivity contribution in [1.29, 1.82) is 0 Å². The van der Waals surface area contributed by atoms with E-state index in [0.717, 1.165) is 18.5 Å². The second-order valence-electron chi connectivity index (χ2n) is 5.96. The van der Waals surface area contributed by atoms with Gasteiger partial charge in [0.05, 0.1) is 0 Å². The van der Waals surface area contributed by atoms with Crippen molar-refractivity contribution in [2.45, 2.75) is 25.1 Å². The van der Waals surface area contributed by atoms with Crippen LogP contribution in [0.4, 0.5) is 5.69 Å². The normalized spacial score (nSPS) is 23.0. The monoisotopic (exact) mass is 294 g/mol. The fourth-order valence-corrected chi connectivity index (χ4v) is 3.41. The molecule has 2 N–H and O–H groups in total. The maximum atomic E-state index is 12.5. The average molecular weight is 294 g/mol. The highest BCUT2D eigenvalue weighted by atomic mass is 16.3. The molecule has 4 heteroatoms. The number of benzene rings is 2. The Bertz CT molecular complexity index is 729. The molecule has 0 aliphatic carbocycles. The Morgan fingerprint density at radius 1 is 1.14 bits per heavy atom. The van der Waals surface area contributed by atoms with Crippen molar-refractivity contribution in [3.63, 3.8) is 0 Å². The molecule has 4 rings (SSSR count). The molecule has 2 atom stereocenters. The van der Waals surface area contributed by atoms with Crippen LogP contribution in [0.15, 0.2) is 48.5 Å². The first kappa shape index (κ1) is 13.3. The van der Waals surface area contributed by atoms with Crippen molar-refractivity contribution in [2.24, 2.45) is 0 Å². The van der Waals surface area contributed by atoms with Crippen LogP contribution in [-0.2, 0) is 6.42 Å². The Hall–Kier alpha value is -2.33. The molecule has 2 aliphatic heterocycles. The molecule has 22 heavy (non-hydrogen) atoms. The fourth-order valence-electron chi connectivity index (χ4n) is 3.41. The first-order valence-corrected chi connectivity index (χ1v) is 7.66. The minimum Gasteiger partial charge on any atom is -0.380 e. The van der Waals surface area contributed by atoms with E-state index in [1.807, 2.05) is 30.3 Å². The molecular weight excluding hydrogens is 276 g/mol. The largest absolute Gasteiger partial charge is 0.380 e. The quantitative estimate of drug-likeness (QED) is 0.895. The van der Waals surface area contributed by atoms with Gasteiger partial charge < -0.3 is 15.3 Å². The molecule has 2 aliphatic rings. The van der Waals surface area contributed by atoms with Crippen LogP contribution in [0, 0.1) is 0 Å². The van der Waals surface area contributed by atoms with Gasteiger partial charge in [-0.15, -0.1) is 0 Å². The number of aliphatic hydroxyl groups excluding tert-OH is 1. The fraction of sp³-hybridized carbons (Fsp3) is 0.278. The standard InChI is InChI=1S/C18H18N2O2/c21-17-14-6-2-3-7-15(14)18(22)20(17)11-13-10-9-12-5-1-4-8-16(12)19-13/h1-8,13,17,19,21H,9-11H2. The number of aryl methyl sites for hydroxylation is 1. The summed E-state index contributed by atoms with van der Waals surface area (Å²) < 4.78 is 0. The number of fused-ring (bicyclic) bond motifs is 2. The van der Waals surface area contributed by atoms with Crippen LogP contribution in [-0.4, -0.2) is 28.5 Å². The van der Waals surface area contributed by atoms with E-state index in [2.05, 4.69) is 17.4 Å². The summed E-state index contributed by atoms with van der Waals surface area (Å²) >= 11 is 0. The maximum Gasteiger partial charge on any atom is 0.256 e. The SMILES string of the molecule is O=C1c2ccccc2C(O)N1CC1CCc2ccccc2N1. The molecule has 0 radical (unpaired) electrons. The third-order valence-corrected chi connectivity index (χ3v) is 4.58. The number of carbonyl (C=O) groups is 1. The van der Waals surface area contributed by atoms with Gasteiger partial charge in [-0.1, -0.05) is 36.4 Å². The van der Waals surface area contributed by atoms with Crippen LogP contribution >= 0.6 is 0 Å². The Balaban J connectivity index is 1.53. The molecule has 0 bridgehead atoms. The minimum absolute atomic E-state index is 0.0799. The zero-order valence-corrected chi connectivity index (χ0v) is 12.2. The molecule has 2 heterocycles. The van der Waals surface area contributed by atoms with Gasteiger partial charge in [0.2, 0.25) is 0 Å². The third kappa shape index (κ3) is 2.07. The molecule has 0 fully saturated rings. The number of nitrogens with one attached hydrogen (secondary N) is 1. The van der Waals surface area contributed by atoms with Crippen molar-refractivity contribution in [1.82, 2.24) is 4.90 Å². The van der Waals surface area contributed by atoms with Crippen LogP contribution < -0.4 is 5.32 Å². The van der Waals surface area contributed by atoms with Gasteiger partial charge in [-0.3, -0.25) is 4.79 Å². The van der Waals surface area contributed by atoms with Crippen LogP contribution in [0.3, 0.4) is 0 Å². The van der Waals surface area contributed by atoms with Crippen LogP contribution in [0.1, 0.15) is 34.1 Å². The molecule has 4 nitrogen and oxygen atoms in total. The Kier molecular flexibility index (Phi) is 3.12. The van der Waals surface area contributed by atoms with Crippen LogP contribution in [0.5, 0.6) is 0 Å². The molecule has 2 unspecified atom stereocenters. The van der Waals surface area contributed by atoms with E-state index >= 15 is 0 Å². The highest BCUT2D eigenvalue weighted by Gasteiger charge is 2.36. The predicted octanol–water partition coefficient (Wildman–Crippen LogP) is 2.56. The first-order valence-electron chi connectivity index (χ1n) is 7.66. The Morgan fingerprint density at radius 3 is 2.77 bits per heavy atom. The molecule has 0 saturated heterocycles. The lowest BCUT2D eigenvalue weighted by Gasteiger charge is -2.31. The van der Waals surface area contributed by atoms with Crippen molar-refractivity contribution in [3.05, 3.63) is 65.2 Å². The number of nitrogens with zero attached hydrogens (tertiary/aromatic N) is 1. The Labute approximate surface area is 129 Å². The lowest BCUT2D eigenvalue weighted by molar-refractivity contribution is 0.0155. The summed E-state index contributed by atoms with van der Waals surface area (Å²) in [4.78, 5) is 14.0. The van der Waals surface area contributed by atoms with E-state index in [9.17, 15) is 9.90 Å². The molecule has 0 spiro atoms. The second kappa shape index (κ2) is 5.14. The van der Waals surface area contributed by atoms with E-state index < -0.39 is 6.23 Å². The number of aliphatic hydroxyl groups is 1. The summed E-state index contributed by atoms with van der Waals surface area (Å²) in [6.07, 6.45) is 1.13. The maximum absolute atomic E-state index is 12.5. The highest BCUT2D eigenvalue weighted by Crippen LogP contribution is 2.33. The van der Waals surface area contributed by atoms with Gasteiger partial charge in [0.15, 0.2) is 6.23 Å². The summed E-state index contributed by atoms with van der Waals surface area (Å²) in [5, 5.41) is 13.9. The van der Waals surface area contributed by atoms with Gasteiger partial charge >= 0.3 is 0 Å². The number of hydrogen-bond acceptors (Lipinski definition) is 3. The number of anilines is 1. The van der Waals surface area contributed by atoms with Gasteiger partial charge in [-0.05, 0) is 30.5 Å². The van der Waals surface area contributed by atoms with E-state index in [4.69, 9.17) is 0 Å². The molecular formula is C18H18N2O2. The zero-order valence-electron chi connectivity index (χ0n) is 12.2. The van der Waals surface area contributed by atoms with Gasteiger partial charge in [0.25, 0.3) is 5.91 Å².